The Bertz CT molecular complexity index is 724. The topological polar surface area (TPSA) is 59.4 Å². The number of aromatic carboxylic acids is 1. The molecule has 0 bridgehead atoms. The Morgan fingerprint density at radius 2 is 2.19 bits per heavy atom. The van der Waals surface area contributed by atoms with Crippen LogP contribution in [-0.4, -0.2) is 22.2 Å². The Kier molecular flexibility index (Phi) is 3.41. The van der Waals surface area contributed by atoms with Crippen molar-refractivity contribution in [1.29, 1.82) is 0 Å². The van der Waals surface area contributed by atoms with Gasteiger partial charge in [0.15, 0.2) is 0 Å². The summed E-state index contributed by atoms with van der Waals surface area (Å²) in [7, 11) is 0. The summed E-state index contributed by atoms with van der Waals surface area (Å²) in [5.74, 6) is -0.906. The third-order valence-electron chi connectivity index (χ3n) is 4.11. The Hall–Kier alpha value is -1.94. The van der Waals surface area contributed by atoms with Crippen LogP contribution in [-0.2, 0) is 17.6 Å². The third kappa shape index (κ3) is 2.29. The van der Waals surface area contributed by atoms with Crippen molar-refractivity contribution in [2.24, 2.45) is 0 Å². The molecule has 0 aliphatic carbocycles. The van der Waals surface area contributed by atoms with Crippen molar-refractivity contribution in [3.05, 3.63) is 40.6 Å². The number of hydrogen-bond acceptors (Lipinski definition) is 3. The van der Waals surface area contributed by atoms with Crippen LogP contribution in [0.4, 0.5) is 0 Å². The number of benzene rings is 1. The van der Waals surface area contributed by atoms with Gasteiger partial charge in [0.25, 0.3) is 0 Å². The number of fused-ring (bicyclic) bond motifs is 2. The number of nitrogens with zero attached hydrogens (tertiary/aromatic N) is 1. The molecule has 0 saturated carbocycles. The van der Waals surface area contributed by atoms with E-state index >= 15 is 0 Å². The zero-order valence-electron chi connectivity index (χ0n) is 12.5. The second kappa shape index (κ2) is 5.11. The fraction of sp³-hybridized carbons (Fsp3) is 0.412. The molecule has 4 nitrogen and oxygen atoms in total. The van der Waals surface area contributed by atoms with Gasteiger partial charge in [0.2, 0.25) is 0 Å². The van der Waals surface area contributed by atoms with Gasteiger partial charge in [-0.05, 0) is 38.0 Å². The molecule has 2 atom stereocenters. The summed E-state index contributed by atoms with van der Waals surface area (Å²) in [5, 5.41) is 10.4. The Labute approximate surface area is 123 Å². The van der Waals surface area contributed by atoms with Gasteiger partial charge in [0.1, 0.15) is 0 Å². The number of carboxylic acids is 1. The molecule has 1 aromatic carbocycles. The first-order valence-electron chi connectivity index (χ1n) is 7.35. The molecule has 1 aliphatic heterocycles. The van der Waals surface area contributed by atoms with Crippen molar-refractivity contribution in [3.63, 3.8) is 0 Å². The predicted molar refractivity (Wildman–Crippen MR) is 80.7 cm³/mol. The minimum Gasteiger partial charge on any atom is -0.478 e. The van der Waals surface area contributed by atoms with E-state index in [1.54, 1.807) is 0 Å². The quantitative estimate of drug-likeness (QED) is 0.917. The van der Waals surface area contributed by atoms with Crippen LogP contribution in [0, 0.1) is 0 Å². The second-order valence-corrected chi connectivity index (χ2v) is 5.65. The molecule has 4 heteroatoms. The maximum absolute atomic E-state index is 11.8. The number of aryl methyl sites for hydroxylation is 1. The van der Waals surface area contributed by atoms with Gasteiger partial charge in [-0.2, -0.15) is 0 Å². The minimum absolute atomic E-state index is 0.0639. The van der Waals surface area contributed by atoms with Gasteiger partial charge in [-0.3, -0.25) is 4.98 Å². The first-order valence-corrected chi connectivity index (χ1v) is 7.35. The first-order chi connectivity index (χ1) is 10.0. The summed E-state index contributed by atoms with van der Waals surface area (Å²) < 4.78 is 5.81. The first kappa shape index (κ1) is 14.0. The molecule has 1 aliphatic rings. The Morgan fingerprint density at radius 3 is 2.86 bits per heavy atom. The summed E-state index contributed by atoms with van der Waals surface area (Å²) in [6.45, 7) is 5.95. The smallest absolute Gasteiger partial charge is 0.336 e. The maximum Gasteiger partial charge on any atom is 0.336 e. The van der Waals surface area contributed by atoms with E-state index in [0.717, 1.165) is 28.8 Å². The highest BCUT2D eigenvalue weighted by atomic mass is 16.5. The molecule has 0 fully saturated rings. The average Bonchev–Trinajstić information content (AvgIpc) is 2.43. The standard InChI is InChI=1S/C17H19NO3/c1-4-11-5-6-13-12(8-11)16(17(19)20)15-10(3)21-9(2)7-14(15)18-13/h5-6,8-10H,4,7H2,1-3H3,(H,19,20). The van der Waals surface area contributed by atoms with Gasteiger partial charge in [-0.25, -0.2) is 4.79 Å². The maximum atomic E-state index is 11.8. The molecule has 21 heavy (non-hydrogen) atoms. The molecule has 1 N–H and O–H groups in total. The van der Waals surface area contributed by atoms with E-state index in [2.05, 4.69) is 6.92 Å². The number of pyridine rings is 1. The molecular formula is C17H19NO3. The molecule has 0 saturated heterocycles. The summed E-state index contributed by atoms with van der Waals surface area (Å²) >= 11 is 0. The van der Waals surface area contributed by atoms with Crippen molar-refractivity contribution < 1.29 is 14.6 Å². The molecule has 2 unspecified atom stereocenters. The van der Waals surface area contributed by atoms with Crippen LogP contribution in [0.5, 0.6) is 0 Å². The monoisotopic (exact) mass is 285 g/mol. The van der Waals surface area contributed by atoms with Crippen molar-refractivity contribution >= 4 is 16.9 Å². The highest BCUT2D eigenvalue weighted by molar-refractivity contribution is 6.04. The molecule has 110 valence electrons. The van der Waals surface area contributed by atoms with Gasteiger partial charge in [-0.1, -0.05) is 13.0 Å². The number of aromatic nitrogens is 1. The Morgan fingerprint density at radius 1 is 1.43 bits per heavy atom. The fourth-order valence-corrected chi connectivity index (χ4v) is 3.16. The summed E-state index contributed by atoms with van der Waals surface area (Å²) in [6, 6.07) is 5.88. The van der Waals surface area contributed by atoms with E-state index < -0.39 is 5.97 Å². The lowest BCUT2D eigenvalue weighted by molar-refractivity contribution is -0.00661. The van der Waals surface area contributed by atoms with E-state index in [-0.39, 0.29) is 12.2 Å². The normalized spacial score (nSPS) is 21.3. The van der Waals surface area contributed by atoms with Crippen LogP contribution >= 0.6 is 0 Å². The lowest BCUT2D eigenvalue weighted by atomic mass is 9.91. The highest BCUT2D eigenvalue weighted by Crippen LogP contribution is 2.35. The van der Waals surface area contributed by atoms with Gasteiger partial charge in [0.05, 0.1) is 29.0 Å². The molecule has 0 amide bonds. The van der Waals surface area contributed by atoms with E-state index in [0.29, 0.717) is 17.4 Å². The molecular weight excluding hydrogens is 266 g/mol. The highest BCUT2D eigenvalue weighted by Gasteiger charge is 2.30. The number of ether oxygens (including phenoxy) is 1. The summed E-state index contributed by atoms with van der Waals surface area (Å²) in [4.78, 5) is 16.5. The Balaban J connectivity index is 2.37. The van der Waals surface area contributed by atoms with E-state index in [1.165, 1.54) is 0 Å². The molecule has 1 aromatic heterocycles. The van der Waals surface area contributed by atoms with Crippen LogP contribution < -0.4 is 0 Å². The number of carboxylic acid groups (broad SMARTS) is 1. The lowest BCUT2D eigenvalue weighted by Crippen LogP contribution is -2.26. The van der Waals surface area contributed by atoms with Crippen LogP contribution in [0.2, 0.25) is 0 Å². The average molecular weight is 285 g/mol. The summed E-state index contributed by atoms with van der Waals surface area (Å²) in [5.41, 5.74) is 3.82. The largest absolute Gasteiger partial charge is 0.478 e. The SMILES string of the molecule is CCc1ccc2nc3c(c(C(=O)O)c2c1)C(C)OC(C)C3. The van der Waals surface area contributed by atoms with Crippen LogP contribution in [0.15, 0.2) is 18.2 Å². The van der Waals surface area contributed by atoms with Crippen LogP contribution in [0.1, 0.15) is 54.1 Å². The molecule has 0 radical (unpaired) electrons. The molecule has 3 rings (SSSR count). The van der Waals surface area contributed by atoms with Crippen molar-refractivity contribution in [2.75, 3.05) is 0 Å². The summed E-state index contributed by atoms with van der Waals surface area (Å²) in [6.07, 6.45) is 1.35. The molecule has 0 spiro atoms. The van der Waals surface area contributed by atoms with Gasteiger partial charge >= 0.3 is 5.97 Å². The van der Waals surface area contributed by atoms with Crippen LogP contribution in [0.3, 0.4) is 0 Å². The zero-order chi connectivity index (χ0) is 15.1. The molecule has 2 aromatic rings. The fourth-order valence-electron chi connectivity index (χ4n) is 3.16. The van der Waals surface area contributed by atoms with Crippen molar-refractivity contribution in [2.45, 2.75) is 45.8 Å². The number of rotatable bonds is 2. The number of carbonyl (C=O) groups is 1. The van der Waals surface area contributed by atoms with Gasteiger partial charge < -0.3 is 9.84 Å². The predicted octanol–water partition coefficient (Wildman–Crippen LogP) is 3.52. The van der Waals surface area contributed by atoms with Crippen LogP contribution in [0.25, 0.3) is 10.9 Å². The van der Waals surface area contributed by atoms with Gasteiger partial charge in [0, 0.05) is 17.4 Å². The minimum atomic E-state index is -0.906. The number of hydrogen-bond donors (Lipinski definition) is 1. The zero-order valence-corrected chi connectivity index (χ0v) is 12.5. The lowest BCUT2D eigenvalue weighted by Gasteiger charge is -2.29. The van der Waals surface area contributed by atoms with Gasteiger partial charge in [-0.15, -0.1) is 0 Å². The van der Waals surface area contributed by atoms with E-state index in [4.69, 9.17) is 9.72 Å². The third-order valence-corrected chi connectivity index (χ3v) is 4.11. The van der Waals surface area contributed by atoms with E-state index in [1.807, 2.05) is 32.0 Å². The van der Waals surface area contributed by atoms with Crippen molar-refractivity contribution in [1.82, 2.24) is 4.98 Å². The molecule has 2 heterocycles. The second-order valence-electron chi connectivity index (χ2n) is 5.65. The van der Waals surface area contributed by atoms with Crippen molar-refractivity contribution in [3.8, 4) is 0 Å². The van der Waals surface area contributed by atoms with E-state index in [9.17, 15) is 9.90 Å².